The van der Waals surface area contributed by atoms with Crippen molar-refractivity contribution in [2.24, 2.45) is 11.5 Å². The fraction of sp³-hybridized carbons (Fsp3) is 0.923. The standard InChI is InChI=1S/2C10H20O2.C6H14N2.Pt/c2*1-2-3-4-5-6-7-8-9-10(11)12;7-5-3-1-2-4-6(5)8;/h2*2-9H2,1H3,(H,11,12);5-6H,1-4,7-8H2;. The fourth-order valence-electron chi connectivity index (χ4n) is 3.65. The van der Waals surface area contributed by atoms with Crippen molar-refractivity contribution < 1.29 is 40.9 Å². The van der Waals surface area contributed by atoms with E-state index in [9.17, 15) is 9.59 Å². The zero-order valence-electron chi connectivity index (χ0n) is 21.5. The molecule has 0 aliphatic heterocycles. The van der Waals surface area contributed by atoms with Gasteiger partial charge in [0.1, 0.15) is 0 Å². The molecule has 0 amide bonds. The molecule has 1 saturated carbocycles. The smallest absolute Gasteiger partial charge is 0.303 e. The van der Waals surface area contributed by atoms with Gasteiger partial charge < -0.3 is 21.7 Å². The molecule has 6 N–H and O–H groups in total. The molecule has 202 valence electrons. The van der Waals surface area contributed by atoms with E-state index in [1.54, 1.807) is 0 Å². The summed E-state index contributed by atoms with van der Waals surface area (Å²) in [6, 6.07) is 0.562. The van der Waals surface area contributed by atoms with Crippen molar-refractivity contribution >= 4 is 11.9 Å². The number of nitrogens with two attached hydrogens (primary N) is 2. The van der Waals surface area contributed by atoms with E-state index < -0.39 is 11.9 Å². The maximum absolute atomic E-state index is 10.1. The van der Waals surface area contributed by atoms with Gasteiger partial charge in [-0.05, 0) is 25.7 Å². The molecule has 0 aromatic heterocycles. The first kappa shape index (κ1) is 37.1. The van der Waals surface area contributed by atoms with Crippen molar-refractivity contribution in [1.29, 1.82) is 0 Å². The Hall–Kier alpha value is -0.452. The van der Waals surface area contributed by atoms with Gasteiger partial charge in [0.25, 0.3) is 0 Å². The number of carboxylic acids is 2. The minimum absolute atomic E-state index is 0. The number of unbranched alkanes of at least 4 members (excludes halogenated alkanes) is 12. The molecular formula is C26H54N2O4Pt. The quantitative estimate of drug-likeness (QED) is 0.139. The van der Waals surface area contributed by atoms with E-state index in [2.05, 4.69) is 13.8 Å². The number of hydrogen-bond donors (Lipinski definition) is 4. The molecule has 0 radical (unpaired) electrons. The van der Waals surface area contributed by atoms with E-state index in [1.807, 2.05) is 0 Å². The van der Waals surface area contributed by atoms with Crippen molar-refractivity contribution in [3.05, 3.63) is 0 Å². The predicted molar refractivity (Wildman–Crippen MR) is 135 cm³/mol. The van der Waals surface area contributed by atoms with Gasteiger partial charge >= 0.3 is 11.9 Å². The Bertz CT molecular complexity index is 387. The topological polar surface area (TPSA) is 127 Å². The third kappa shape index (κ3) is 33.8. The summed E-state index contributed by atoms with van der Waals surface area (Å²) in [5.41, 5.74) is 11.3. The van der Waals surface area contributed by atoms with E-state index in [1.165, 1.54) is 77.0 Å². The third-order valence-corrected chi connectivity index (χ3v) is 5.86. The van der Waals surface area contributed by atoms with Crippen molar-refractivity contribution in [3.8, 4) is 0 Å². The largest absolute Gasteiger partial charge is 0.481 e. The molecule has 6 nitrogen and oxygen atoms in total. The molecule has 1 aliphatic carbocycles. The van der Waals surface area contributed by atoms with Crippen LogP contribution in [0, 0.1) is 0 Å². The Morgan fingerprint density at radius 1 is 0.606 bits per heavy atom. The second-order valence-electron chi connectivity index (χ2n) is 9.14. The van der Waals surface area contributed by atoms with Crippen LogP contribution in [0.15, 0.2) is 0 Å². The maximum Gasteiger partial charge on any atom is 0.303 e. The molecule has 0 spiro atoms. The molecule has 0 saturated heterocycles. The number of hydrogen-bond acceptors (Lipinski definition) is 4. The van der Waals surface area contributed by atoms with E-state index in [-0.39, 0.29) is 33.1 Å². The van der Waals surface area contributed by atoms with E-state index in [0.717, 1.165) is 38.5 Å². The molecule has 33 heavy (non-hydrogen) atoms. The van der Waals surface area contributed by atoms with Crippen LogP contribution in [0.2, 0.25) is 0 Å². The van der Waals surface area contributed by atoms with Crippen LogP contribution in [-0.4, -0.2) is 34.2 Å². The SMILES string of the molecule is CCCCCCCCCC(=O)O.CCCCCCCCCC(=O)O.NC1CCCCC1N.[Pt]. The minimum Gasteiger partial charge on any atom is -0.481 e. The predicted octanol–water partition coefficient (Wildman–Crippen LogP) is 6.64. The molecule has 2 unspecified atom stereocenters. The summed E-state index contributed by atoms with van der Waals surface area (Å²) in [5.74, 6) is -1.33. The number of carbonyl (C=O) groups is 2. The summed E-state index contributed by atoms with van der Waals surface area (Å²) >= 11 is 0. The average molecular weight is 654 g/mol. The van der Waals surface area contributed by atoms with Crippen LogP contribution in [0.25, 0.3) is 0 Å². The van der Waals surface area contributed by atoms with Crippen molar-refractivity contribution in [3.63, 3.8) is 0 Å². The summed E-state index contributed by atoms with van der Waals surface area (Å²) in [7, 11) is 0. The van der Waals surface area contributed by atoms with Crippen LogP contribution >= 0.6 is 0 Å². The van der Waals surface area contributed by atoms with Crippen molar-refractivity contribution in [2.75, 3.05) is 0 Å². The van der Waals surface area contributed by atoms with Gasteiger partial charge in [0.2, 0.25) is 0 Å². The molecule has 1 rings (SSSR count). The first-order valence-corrected chi connectivity index (χ1v) is 13.3. The zero-order valence-corrected chi connectivity index (χ0v) is 23.8. The van der Waals surface area contributed by atoms with E-state index in [4.69, 9.17) is 21.7 Å². The minimum atomic E-state index is -0.663. The molecule has 0 aromatic rings. The van der Waals surface area contributed by atoms with Crippen LogP contribution < -0.4 is 11.5 Å². The normalized spacial score (nSPS) is 17.0. The first-order valence-electron chi connectivity index (χ1n) is 13.3. The zero-order chi connectivity index (χ0) is 24.5. The second-order valence-corrected chi connectivity index (χ2v) is 9.14. The maximum atomic E-state index is 10.1. The van der Waals surface area contributed by atoms with Crippen molar-refractivity contribution in [1.82, 2.24) is 0 Å². The third-order valence-electron chi connectivity index (χ3n) is 5.86. The molecule has 1 fully saturated rings. The number of aliphatic carboxylic acids is 2. The summed E-state index contributed by atoms with van der Waals surface area (Å²) < 4.78 is 0. The number of carboxylic acid groups (broad SMARTS) is 2. The van der Waals surface area contributed by atoms with Gasteiger partial charge in [-0.15, -0.1) is 0 Å². The summed E-state index contributed by atoms with van der Waals surface area (Å²) in [6.45, 7) is 4.40. The Morgan fingerprint density at radius 3 is 1.12 bits per heavy atom. The summed E-state index contributed by atoms with van der Waals surface area (Å²) in [6.07, 6.45) is 22.1. The first-order chi connectivity index (χ1) is 15.3. The second kappa shape index (κ2) is 29.6. The fourth-order valence-corrected chi connectivity index (χ4v) is 3.65. The molecule has 0 heterocycles. The number of rotatable bonds is 16. The van der Waals surface area contributed by atoms with Gasteiger partial charge in [-0.2, -0.15) is 0 Å². The molecular weight excluding hydrogens is 599 g/mol. The van der Waals surface area contributed by atoms with Crippen LogP contribution in [0.3, 0.4) is 0 Å². The summed E-state index contributed by atoms with van der Waals surface area (Å²) in [5, 5.41) is 16.7. The van der Waals surface area contributed by atoms with Crippen molar-refractivity contribution in [2.45, 2.75) is 154 Å². The van der Waals surface area contributed by atoms with Crippen LogP contribution in [0.1, 0.15) is 142 Å². The Balaban J connectivity index is -0.000000410. The van der Waals surface area contributed by atoms with E-state index in [0.29, 0.717) is 12.8 Å². The van der Waals surface area contributed by atoms with Crippen LogP contribution in [0.4, 0.5) is 0 Å². The molecule has 0 aromatic carbocycles. The Labute approximate surface area is 218 Å². The summed E-state index contributed by atoms with van der Waals surface area (Å²) in [4.78, 5) is 20.3. The van der Waals surface area contributed by atoms with E-state index >= 15 is 0 Å². The van der Waals surface area contributed by atoms with Gasteiger partial charge in [0, 0.05) is 46.0 Å². The van der Waals surface area contributed by atoms with Gasteiger partial charge in [0.05, 0.1) is 0 Å². The van der Waals surface area contributed by atoms with Gasteiger partial charge in [0.15, 0.2) is 0 Å². The van der Waals surface area contributed by atoms with Gasteiger partial charge in [-0.25, -0.2) is 0 Å². The average Bonchev–Trinajstić information content (AvgIpc) is 2.75. The Kier molecular flexibility index (Phi) is 33.3. The van der Waals surface area contributed by atoms with Gasteiger partial charge in [-0.1, -0.05) is 104 Å². The molecule has 7 heteroatoms. The Morgan fingerprint density at radius 2 is 0.879 bits per heavy atom. The van der Waals surface area contributed by atoms with Crippen LogP contribution in [0.5, 0.6) is 0 Å². The molecule has 0 bridgehead atoms. The van der Waals surface area contributed by atoms with Crippen LogP contribution in [-0.2, 0) is 30.7 Å². The molecule has 1 aliphatic rings. The van der Waals surface area contributed by atoms with Gasteiger partial charge in [-0.3, -0.25) is 9.59 Å². The molecule has 2 atom stereocenters. The monoisotopic (exact) mass is 653 g/mol.